The van der Waals surface area contributed by atoms with E-state index in [4.69, 9.17) is 10.5 Å². The molecule has 1 amide bonds. The van der Waals surface area contributed by atoms with E-state index < -0.39 is 5.91 Å². The molecule has 0 bridgehead atoms. The number of aliphatic imine (C=N–C) groups is 1. The van der Waals surface area contributed by atoms with Crippen LogP contribution in [-0.4, -0.2) is 42.1 Å². The summed E-state index contributed by atoms with van der Waals surface area (Å²) in [5.41, 5.74) is 5.28. The van der Waals surface area contributed by atoms with Crippen molar-refractivity contribution in [3.05, 3.63) is 0 Å². The number of hydrogen-bond acceptors (Lipinski definition) is 4. The van der Waals surface area contributed by atoms with Crippen LogP contribution in [0, 0.1) is 0 Å². The van der Waals surface area contributed by atoms with E-state index in [9.17, 15) is 4.79 Å². The number of hydrogen-bond donors (Lipinski definition) is 2. The highest BCUT2D eigenvalue weighted by Crippen LogP contribution is 2.35. The fraction of sp³-hybridized carbons (Fsp3) is 0.833. The Labute approximate surface area is 112 Å². The molecular formula is C12H21N3O2S. The fourth-order valence-corrected chi connectivity index (χ4v) is 3.72. The molecule has 6 heteroatoms. The topological polar surface area (TPSA) is 76.7 Å². The van der Waals surface area contributed by atoms with E-state index in [1.165, 1.54) is 32.1 Å². The molecule has 2 fully saturated rings. The third kappa shape index (κ3) is 3.88. The maximum absolute atomic E-state index is 10.5. The lowest BCUT2D eigenvalue weighted by atomic mass is 9.83. The zero-order valence-electron chi connectivity index (χ0n) is 10.6. The van der Waals surface area contributed by atoms with E-state index in [1.54, 1.807) is 11.8 Å². The molecule has 102 valence electrons. The van der Waals surface area contributed by atoms with Gasteiger partial charge >= 0.3 is 0 Å². The Morgan fingerprint density at radius 2 is 2.22 bits per heavy atom. The van der Waals surface area contributed by atoms with Crippen LogP contribution in [0.3, 0.4) is 0 Å². The summed E-state index contributed by atoms with van der Waals surface area (Å²) in [6.45, 7) is 1.01. The van der Waals surface area contributed by atoms with Gasteiger partial charge in [-0.3, -0.25) is 9.79 Å². The molecule has 0 aromatic carbocycles. The summed E-state index contributed by atoms with van der Waals surface area (Å²) >= 11 is 1.80. The molecule has 1 spiro atoms. The molecule has 1 heterocycles. The molecule has 0 radical (unpaired) electrons. The van der Waals surface area contributed by atoms with Crippen molar-refractivity contribution in [2.75, 3.05) is 25.5 Å². The van der Waals surface area contributed by atoms with Gasteiger partial charge in [-0.1, -0.05) is 31.0 Å². The van der Waals surface area contributed by atoms with Gasteiger partial charge in [0.05, 0.1) is 13.2 Å². The second-order valence-corrected chi connectivity index (χ2v) is 5.92. The van der Waals surface area contributed by atoms with Crippen molar-refractivity contribution in [1.82, 2.24) is 5.32 Å². The van der Waals surface area contributed by atoms with Gasteiger partial charge in [0.25, 0.3) is 0 Å². The van der Waals surface area contributed by atoms with Crippen LogP contribution >= 0.6 is 11.8 Å². The number of primary amides is 1. The third-order valence-corrected chi connectivity index (χ3v) is 4.60. The molecule has 1 saturated heterocycles. The number of nitrogens with one attached hydrogen (secondary N) is 1. The van der Waals surface area contributed by atoms with Gasteiger partial charge in [0.15, 0.2) is 5.17 Å². The molecule has 1 saturated carbocycles. The minimum absolute atomic E-state index is 0.0185. The molecule has 18 heavy (non-hydrogen) atoms. The first-order chi connectivity index (χ1) is 8.70. The lowest BCUT2D eigenvalue weighted by Gasteiger charge is -2.32. The van der Waals surface area contributed by atoms with Crippen molar-refractivity contribution in [3.63, 3.8) is 0 Å². The number of thioether (sulfide) groups is 1. The highest BCUT2D eigenvalue weighted by atomic mass is 32.2. The summed E-state index contributed by atoms with van der Waals surface area (Å²) in [4.78, 5) is 14.9. The van der Waals surface area contributed by atoms with E-state index in [-0.39, 0.29) is 6.61 Å². The quantitative estimate of drug-likeness (QED) is 0.728. The van der Waals surface area contributed by atoms with Gasteiger partial charge in [-0.25, -0.2) is 0 Å². The van der Waals surface area contributed by atoms with Crippen molar-refractivity contribution >= 4 is 22.8 Å². The average Bonchev–Trinajstić information content (AvgIpc) is 2.72. The van der Waals surface area contributed by atoms with Crippen LogP contribution in [0.15, 0.2) is 4.99 Å². The van der Waals surface area contributed by atoms with Gasteiger partial charge in [-0.2, -0.15) is 0 Å². The Morgan fingerprint density at radius 3 is 2.94 bits per heavy atom. The Morgan fingerprint density at radius 1 is 1.44 bits per heavy atom. The third-order valence-electron chi connectivity index (χ3n) is 3.40. The molecule has 0 atom stereocenters. The van der Waals surface area contributed by atoms with Crippen molar-refractivity contribution in [2.24, 2.45) is 10.7 Å². The Hall–Kier alpha value is -0.750. The maximum Gasteiger partial charge on any atom is 0.243 e. The summed E-state index contributed by atoms with van der Waals surface area (Å²) in [6.07, 6.45) is 6.53. The molecule has 3 N–H and O–H groups in total. The summed E-state index contributed by atoms with van der Waals surface area (Å²) in [7, 11) is 0. The van der Waals surface area contributed by atoms with Gasteiger partial charge in [0, 0.05) is 11.3 Å². The first-order valence-corrected chi connectivity index (χ1v) is 7.50. The van der Waals surface area contributed by atoms with Crippen LogP contribution < -0.4 is 11.1 Å². The number of ether oxygens (including phenoxy) is 1. The molecule has 0 unspecified atom stereocenters. The SMILES string of the molecule is NC(=O)COCCN=C1NC2(CCCCC2)CS1. The Bertz CT molecular complexity index is 327. The van der Waals surface area contributed by atoms with Crippen LogP contribution in [0.2, 0.25) is 0 Å². The summed E-state index contributed by atoms with van der Waals surface area (Å²) < 4.78 is 5.07. The smallest absolute Gasteiger partial charge is 0.243 e. The van der Waals surface area contributed by atoms with Crippen LogP contribution in [0.25, 0.3) is 0 Å². The van der Waals surface area contributed by atoms with E-state index in [0.717, 1.165) is 10.9 Å². The number of amidine groups is 1. The molecule has 2 rings (SSSR count). The number of nitrogens with two attached hydrogens (primary N) is 1. The van der Waals surface area contributed by atoms with Crippen LogP contribution in [0.4, 0.5) is 0 Å². The van der Waals surface area contributed by atoms with E-state index in [2.05, 4.69) is 10.3 Å². The molecule has 0 aromatic heterocycles. The van der Waals surface area contributed by atoms with E-state index >= 15 is 0 Å². The van der Waals surface area contributed by atoms with Gasteiger partial charge in [-0.15, -0.1) is 0 Å². The minimum atomic E-state index is -0.433. The molecule has 2 aliphatic rings. The van der Waals surface area contributed by atoms with Crippen LogP contribution in [-0.2, 0) is 9.53 Å². The number of rotatable bonds is 5. The lowest BCUT2D eigenvalue weighted by Crippen LogP contribution is -2.45. The minimum Gasteiger partial charge on any atom is -0.370 e. The normalized spacial score (nSPS) is 24.3. The van der Waals surface area contributed by atoms with Crippen LogP contribution in [0.1, 0.15) is 32.1 Å². The predicted octanol–water partition coefficient (Wildman–Crippen LogP) is 0.884. The monoisotopic (exact) mass is 271 g/mol. The van der Waals surface area contributed by atoms with Gasteiger partial charge in [0.1, 0.15) is 6.61 Å². The number of nitrogens with zero attached hydrogens (tertiary/aromatic N) is 1. The first-order valence-electron chi connectivity index (χ1n) is 6.52. The molecule has 1 aliphatic carbocycles. The number of carbonyl (C=O) groups excluding carboxylic acids is 1. The van der Waals surface area contributed by atoms with Gasteiger partial charge < -0.3 is 15.8 Å². The number of carbonyl (C=O) groups is 1. The van der Waals surface area contributed by atoms with Crippen molar-refractivity contribution < 1.29 is 9.53 Å². The molecular weight excluding hydrogens is 250 g/mol. The van der Waals surface area contributed by atoms with Crippen molar-refractivity contribution in [1.29, 1.82) is 0 Å². The maximum atomic E-state index is 10.5. The average molecular weight is 271 g/mol. The second kappa shape index (κ2) is 6.43. The van der Waals surface area contributed by atoms with Gasteiger partial charge in [0.2, 0.25) is 5.91 Å². The molecule has 1 aliphatic heterocycles. The summed E-state index contributed by atoms with van der Waals surface area (Å²) in [6, 6.07) is 0. The van der Waals surface area contributed by atoms with E-state index in [1.807, 2.05) is 0 Å². The Kier molecular flexibility index (Phi) is 4.88. The summed E-state index contributed by atoms with van der Waals surface area (Å²) in [5, 5.41) is 4.60. The fourth-order valence-electron chi connectivity index (χ4n) is 2.47. The second-order valence-electron chi connectivity index (χ2n) is 4.96. The zero-order chi connectivity index (χ0) is 12.8. The zero-order valence-corrected chi connectivity index (χ0v) is 11.4. The number of amides is 1. The predicted molar refractivity (Wildman–Crippen MR) is 73.7 cm³/mol. The summed E-state index contributed by atoms with van der Waals surface area (Å²) in [5.74, 6) is 0.700. The molecule has 0 aromatic rings. The van der Waals surface area contributed by atoms with Crippen molar-refractivity contribution in [3.8, 4) is 0 Å². The highest BCUT2D eigenvalue weighted by Gasteiger charge is 2.37. The van der Waals surface area contributed by atoms with Gasteiger partial charge in [-0.05, 0) is 12.8 Å². The highest BCUT2D eigenvalue weighted by molar-refractivity contribution is 8.14. The first kappa shape index (κ1) is 13.7. The standard InChI is InChI=1S/C12H21N3O2S/c13-10(16)8-17-7-6-14-11-15-12(9-18-11)4-2-1-3-5-12/h1-9H2,(H2,13,16)(H,14,15). The van der Waals surface area contributed by atoms with Crippen molar-refractivity contribution in [2.45, 2.75) is 37.6 Å². The van der Waals surface area contributed by atoms with E-state index in [0.29, 0.717) is 18.7 Å². The molecule has 5 nitrogen and oxygen atoms in total. The van der Waals surface area contributed by atoms with Crippen LogP contribution in [0.5, 0.6) is 0 Å². The Balaban J connectivity index is 1.69. The largest absolute Gasteiger partial charge is 0.370 e. The lowest BCUT2D eigenvalue weighted by molar-refractivity contribution is -0.122.